The lowest BCUT2D eigenvalue weighted by Crippen LogP contribution is -2.13. The zero-order valence-electron chi connectivity index (χ0n) is 9.42. The Morgan fingerprint density at radius 3 is 2.12 bits per heavy atom. The van der Waals surface area contributed by atoms with E-state index >= 15 is 0 Å². The maximum absolute atomic E-state index is 12.0. The van der Waals surface area contributed by atoms with E-state index in [9.17, 15) is 8.42 Å². The molecule has 0 saturated carbocycles. The van der Waals surface area contributed by atoms with E-state index in [4.69, 9.17) is 0 Å². The molecular weight excluding hydrogens is 234 g/mol. The molecule has 2 aromatic rings. The highest BCUT2D eigenvalue weighted by Gasteiger charge is 2.13. The van der Waals surface area contributed by atoms with Crippen molar-refractivity contribution >= 4 is 15.7 Å². The van der Waals surface area contributed by atoms with E-state index in [0.29, 0.717) is 5.69 Å². The summed E-state index contributed by atoms with van der Waals surface area (Å²) in [7, 11) is -3.49. The van der Waals surface area contributed by atoms with Gasteiger partial charge < -0.3 is 0 Å². The molecule has 0 fully saturated rings. The summed E-state index contributed by atoms with van der Waals surface area (Å²) in [4.78, 5) is 0.267. The van der Waals surface area contributed by atoms with Gasteiger partial charge in [-0.25, -0.2) is 8.42 Å². The van der Waals surface area contributed by atoms with Crippen molar-refractivity contribution in [2.75, 3.05) is 4.72 Å². The minimum absolute atomic E-state index is 0.267. The van der Waals surface area contributed by atoms with Crippen LogP contribution in [0.4, 0.5) is 5.69 Å². The number of anilines is 1. The first kappa shape index (κ1) is 11.7. The molecule has 0 aliphatic heterocycles. The molecular formula is C13H13NO2S. The van der Waals surface area contributed by atoms with E-state index in [2.05, 4.69) is 4.72 Å². The summed E-state index contributed by atoms with van der Waals surface area (Å²) < 4.78 is 26.7. The van der Waals surface area contributed by atoms with Crippen molar-refractivity contribution < 1.29 is 8.42 Å². The van der Waals surface area contributed by atoms with Gasteiger partial charge in [-0.1, -0.05) is 36.4 Å². The summed E-state index contributed by atoms with van der Waals surface area (Å²) in [6.45, 7) is 1.86. The highest BCUT2D eigenvalue weighted by molar-refractivity contribution is 7.92. The van der Waals surface area contributed by atoms with Gasteiger partial charge in [-0.05, 0) is 30.7 Å². The van der Waals surface area contributed by atoms with Crippen LogP contribution < -0.4 is 4.72 Å². The Hall–Kier alpha value is -1.81. The zero-order chi connectivity index (χ0) is 12.3. The predicted molar refractivity (Wildman–Crippen MR) is 68.4 cm³/mol. The van der Waals surface area contributed by atoms with E-state index in [1.54, 1.807) is 42.5 Å². The maximum Gasteiger partial charge on any atom is 0.261 e. The number of aryl methyl sites for hydroxylation is 1. The summed E-state index contributed by atoms with van der Waals surface area (Å²) in [5, 5.41) is 0. The SMILES string of the molecule is Cc1ccccc1NS(=O)(=O)c1ccccc1. The van der Waals surface area contributed by atoms with Gasteiger partial charge in [-0.2, -0.15) is 0 Å². The molecule has 0 unspecified atom stereocenters. The molecule has 2 aromatic carbocycles. The quantitative estimate of drug-likeness (QED) is 0.906. The first-order valence-electron chi connectivity index (χ1n) is 5.23. The normalized spacial score (nSPS) is 11.1. The molecule has 0 aromatic heterocycles. The fourth-order valence-electron chi connectivity index (χ4n) is 1.49. The number of sulfonamides is 1. The number of para-hydroxylation sites is 1. The number of rotatable bonds is 3. The van der Waals surface area contributed by atoms with Crippen LogP contribution in [-0.2, 0) is 10.0 Å². The molecule has 0 aliphatic carbocycles. The number of hydrogen-bond acceptors (Lipinski definition) is 2. The molecule has 17 heavy (non-hydrogen) atoms. The van der Waals surface area contributed by atoms with Crippen LogP contribution in [0.3, 0.4) is 0 Å². The highest BCUT2D eigenvalue weighted by Crippen LogP contribution is 2.18. The molecule has 2 rings (SSSR count). The van der Waals surface area contributed by atoms with Crippen LogP contribution in [0.1, 0.15) is 5.56 Å². The lowest BCUT2D eigenvalue weighted by molar-refractivity contribution is 0.601. The molecule has 4 heteroatoms. The average Bonchev–Trinajstić information content (AvgIpc) is 2.33. The molecule has 0 radical (unpaired) electrons. The van der Waals surface area contributed by atoms with Crippen LogP contribution in [0.2, 0.25) is 0 Å². The third-order valence-corrected chi connectivity index (χ3v) is 3.82. The van der Waals surface area contributed by atoms with Gasteiger partial charge in [0, 0.05) is 0 Å². The molecule has 1 N–H and O–H groups in total. The highest BCUT2D eigenvalue weighted by atomic mass is 32.2. The van der Waals surface area contributed by atoms with E-state index in [1.807, 2.05) is 19.1 Å². The van der Waals surface area contributed by atoms with Crippen LogP contribution in [-0.4, -0.2) is 8.42 Å². The van der Waals surface area contributed by atoms with E-state index in [0.717, 1.165) is 5.56 Å². The van der Waals surface area contributed by atoms with Crippen molar-refractivity contribution in [3.8, 4) is 0 Å². The second kappa shape index (κ2) is 4.59. The third-order valence-electron chi connectivity index (χ3n) is 2.44. The maximum atomic E-state index is 12.0. The molecule has 0 heterocycles. The standard InChI is InChI=1S/C13H13NO2S/c1-11-7-5-6-10-13(11)14-17(15,16)12-8-3-2-4-9-12/h2-10,14H,1H3. The molecule has 0 saturated heterocycles. The first-order chi connectivity index (χ1) is 8.09. The van der Waals surface area contributed by atoms with Gasteiger partial charge >= 0.3 is 0 Å². The Labute approximate surface area is 101 Å². The summed E-state index contributed by atoms with van der Waals surface area (Å²) in [5.74, 6) is 0. The van der Waals surface area contributed by atoms with Gasteiger partial charge in [-0.3, -0.25) is 4.72 Å². The first-order valence-corrected chi connectivity index (χ1v) is 6.71. The Kier molecular flexibility index (Phi) is 3.15. The molecule has 0 amide bonds. The smallest absolute Gasteiger partial charge is 0.261 e. The minimum atomic E-state index is -3.49. The summed E-state index contributed by atoms with van der Waals surface area (Å²) in [6.07, 6.45) is 0. The molecule has 0 bridgehead atoms. The molecule has 0 spiro atoms. The summed E-state index contributed by atoms with van der Waals surface area (Å²) >= 11 is 0. The number of nitrogens with one attached hydrogen (secondary N) is 1. The van der Waals surface area contributed by atoms with Crippen molar-refractivity contribution in [1.82, 2.24) is 0 Å². The van der Waals surface area contributed by atoms with Crippen molar-refractivity contribution in [2.45, 2.75) is 11.8 Å². The lowest BCUT2D eigenvalue weighted by atomic mass is 10.2. The molecule has 3 nitrogen and oxygen atoms in total. The Balaban J connectivity index is 2.34. The second-order valence-electron chi connectivity index (χ2n) is 3.73. The van der Waals surface area contributed by atoms with Crippen LogP contribution >= 0.6 is 0 Å². The predicted octanol–water partition coefficient (Wildman–Crippen LogP) is 2.80. The van der Waals surface area contributed by atoms with Gasteiger partial charge in [0.15, 0.2) is 0 Å². The molecule has 88 valence electrons. The van der Waals surface area contributed by atoms with Gasteiger partial charge in [-0.15, -0.1) is 0 Å². The van der Waals surface area contributed by atoms with Crippen LogP contribution in [0, 0.1) is 6.92 Å². The third kappa shape index (κ3) is 2.65. The van der Waals surface area contributed by atoms with Gasteiger partial charge in [0.1, 0.15) is 0 Å². The average molecular weight is 247 g/mol. The van der Waals surface area contributed by atoms with Crippen molar-refractivity contribution in [3.05, 3.63) is 60.2 Å². The summed E-state index contributed by atoms with van der Waals surface area (Å²) in [5.41, 5.74) is 1.50. The Bertz CT molecular complexity index is 606. The fraction of sp³-hybridized carbons (Fsp3) is 0.0769. The van der Waals surface area contributed by atoms with Gasteiger partial charge in [0.05, 0.1) is 10.6 Å². The Morgan fingerprint density at radius 1 is 0.882 bits per heavy atom. The van der Waals surface area contributed by atoms with Crippen LogP contribution in [0.15, 0.2) is 59.5 Å². The monoisotopic (exact) mass is 247 g/mol. The van der Waals surface area contributed by atoms with E-state index in [-0.39, 0.29) is 4.90 Å². The van der Waals surface area contributed by atoms with E-state index < -0.39 is 10.0 Å². The lowest BCUT2D eigenvalue weighted by Gasteiger charge is -2.09. The van der Waals surface area contributed by atoms with Crippen molar-refractivity contribution in [3.63, 3.8) is 0 Å². The summed E-state index contributed by atoms with van der Waals surface area (Å²) in [6, 6.07) is 15.6. The van der Waals surface area contributed by atoms with Crippen LogP contribution in [0.25, 0.3) is 0 Å². The molecule has 0 aliphatic rings. The number of hydrogen-bond donors (Lipinski definition) is 1. The van der Waals surface area contributed by atoms with Gasteiger partial charge in [0.2, 0.25) is 0 Å². The van der Waals surface area contributed by atoms with Crippen molar-refractivity contribution in [1.29, 1.82) is 0 Å². The largest absolute Gasteiger partial charge is 0.279 e. The topological polar surface area (TPSA) is 46.2 Å². The fourth-order valence-corrected chi connectivity index (χ4v) is 2.64. The minimum Gasteiger partial charge on any atom is -0.279 e. The van der Waals surface area contributed by atoms with E-state index in [1.165, 1.54) is 0 Å². The Morgan fingerprint density at radius 2 is 1.47 bits per heavy atom. The van der Waals surface area contributed by atoms with Gasteiger partial charge in [0.25, 0.3) is 10.0 Å². The molecule has 0 atom stereocenters. The zero-order valence-corrected chi connectivity index (χ0v) is 10.2. The number of benzene rings is 2. The van der Waals surface area contributed by atoms with Crippen molar-refractivity contribution in [2.24, 2.45) is 0 Å². The van der Waals surface area contributed by atoms with Crippen LogP contribution in [0.5, 0.6) is 0 Å². The second-order valence-corrected chi connectivity index (χ2v) is 5.42.